The summed E-state index contributed by atoms with van der Waals surface area (Å²) < 4.78 is 22.9. The number of rotatable bonds is 5. The van der Waals surface area contributed by atoms with Crippen molar-refractivity contribution >= 4 is 15.9 Å². The van der Waals surface area contributed by atoms with Crippen LogP contribution in [0.5, 0.6) is 0 Å². The molecule has 2 amide bonds. The van der Waals surface area contributed by atoms with Crippen molar-refractivity contribution < 1.29 is 13.2 Å². The van der Waals surface area contributed by atoms with Gasteiger partial charge >= 0.3 is 6.03 Å². The molecule has 0 radical (unpaired) electrons. The molecule has 7 heteroatoms. The topological polar surface area (TPSA) is 79.4 Å². The van der Waals surface area contributed by atoms with Crippen LogP contribution in [0.25, 0.3) is 0 Å². The predicted octanol–water partition coefficient (Wildman–Crippen LogP) is 1.19. The highest BCUT2D eigenvalue weighted by Gasteiger charge is 2.33. The van der Waals surface area contributed by atoms with Gasteiger partial charge in [0.15, 0.2) is 9.84 Å². The number of aromatic nitrogens is 1. The quantitative estimate of drug-likeness (QED) is 0.883. The molecule has 1 unspecified atom stereocenters. The molecular formula is C15H21N3O3S. The Labute approximate surface area is 130 Å². The Morgan fingerprint density at radius 2 is 2.00 bits per heavy atom. The summed E-state index contributed by atoms with van der Waals surface area (Å²) in [7, 11) is -2.89. The van der Waals surface area contributed by atoms with Crippen molar-refractivity contribution in [3.05, 3.63) is 30.1 Å². The smallest absolute Gasteiger partial charge is 0.317 e. The first-order valence-corrected chi connectivity index (χ1v) is 9.49. The van der Waals surface area contributed by atoms with Crippen molar-refractivity contribution in [2.24, 2.45) is 5.92 Å². The second kappa shape index (κ2) is 6.24. The maximum atomic E-state index is 12.4. The number of sulfone groups is 1. The standard InChI is InChI=1S/C15H21N3O3S/c19-15(17-9-13-5-8-22(20,21)11-13)18(14-1-2-14)10-12-3-6-16-7-4-12/h3-4,6-7,13-14H,1-2,5,8-11H2,(H,17,19). The first-order chi connectivity index (χ1) is 10.5. The lowest BCUT2D eigenvalue weighted by Gasteiger charge is -2.23. The van der Waals surface area contributed by atoms with Gasteiger partial charge in [0.05, 0.1) is 11.5 Å². The van der Waals surface area contributed by atoms with Crippen molar-refractivity contribution in [2.75, 3.05) is 18.1 Å². The molecule has 3 rings (SSSR count). The summed E-state index contributed by atoms with van der Waals surface area (Å²) in [4.78, 5) is 18.2. The fraction of sp³-hybridized carbons (Fsp3) is 0.600. The van der Waals surface area contributed by atoms with Gasteiger partial charge in [-0.1, -0.05) is 0 Å². The number of nitrogens with one attached hydrogen (secondary N) is 1. The van der Waals surface area contributed by atoms with E-state index in [1.165, 1.54) is 0 Å². The molecule has 1 aliphatic carbocycles. The molecule has 0 spiro atoms. The summed E-state index contributed by atoms with van der Waals surface area (Å²) in [5, 5.41) is 2.91. The lowest BCUT2D eigenvalue weighted by atomic mass is 10.1. The Morgan fingerprint density at radius 3 is 2.59 bits per heavy atom. The molecule has 1 aromatic heterocycles. The van der Waals surface area contributed by atoms with Crippen LogP contribution in [0, 0.1) is 5.92 Å². The zero-order valence-electron chi connectivity index (χ0n) is 12.4. The second-order valence-corrected chi connectivity index (χ2v) is 8.40. The van der Waals surface area contributed by atoms with E-state index in [9.17, 15) is 13.2 Å². The number of carbonyl (C=O) groups is 1. The van der Waals surface area contributed by atoms with Crippen LogP contribution in [0.3, 0.4) is 0 Å². The first kappa shape index (κ1) is 15.3. The van der Waals surface area contributed by atoms with E-state index < -0.39 is 9.84 Å². The zero-order chi connectivity index (χ0) is 15.6. The van der Waals surface area contributed by atoms with Crippen LogP contribution in [0.4, 0.5) is 4.79 Å². The molecule has 1 saturated heterocycles. The number of nitrogens with zero attached hydrogens (tertiary/aromatic N) is 2. The highest BCUT2D eigenvalue weighted by atomic mass is 32.2. The molecule has 1 aliphatic heterocycles. The highest BCUT2D eigenvalue weighted by Crippen LogP contribution is 2.28. The normalized spacial score (nSPS) is 23.2. The van der Waals surface area contributed by atoms with Crippen LogP contribution in [0.2, 0.25) is 0 Å². The van der Waals surface area contributed by atoms with Gasteiger partial charge < -0.3 is 10.2 Å². The molecule has 2 fully saturated rings. The molecule has 1 atom stereocenters. The van der Waals surface area contributed by atoms with Gasteiger partial charge in [0.25, 0.3) is 0 Å². The lowest BCUT2D eigenvalue weighted by molar-refractivity contribution is 0.190. The van der Waals surface area contributed by atoms with Gasteiger partial charge in [0.1, 0.15) is 0 Å². The third-order valence-electron chi connectivity index (χ3n) is 4.22. The van der Waals surface area contributed by atoms with Crippen LogP contribution < -0.4 is 5.32 Å². The summed E-state index contributed by atoms with van der Waals surface area (Å²) in [6, 6.07) is 4.03. The van der Waals surface area contributed by atoms with E-state index in [0.29, 0.717) is 25.6 Å². The van der Waals surface area contributed by atoms with Crippen LogP contribution in [-0.2, 0) is 16.4 Å². The maximum Gasteiger partial charge on any atom is 0.317 e. The van der Waals surface area contributed by atoms with E-state index >= 15 is 0 Å². The molecule has 6 nitrogen and oxygen atoms in total. The van der Waals surface area contributed by atoms with E-state index in [-0.39, 0.29) is 23.5 Å². The number of pyridine rings is 1. The third kappa shape index (κ3) is 3.97. The van der Waals surface area contributed by atoms with Gasteiger partial charge in [-0.15, -0.1) is 0 Å². The lowest BCUT2D eigenvalue weighted by Crippen LogP contribution is -2.42. The zero-order valence-corrected chi connectivity index (χ0v) is 13.3. The fourth-order valence-corrected chi connectivity index (χ4v) is 4.67. The third-order valence-corrected chi connectivity index (χ3v) is 6.06. The molecule has 22 heavy (non-hydrogen) atoms. The van der Waals surface area contributed by atoms with E-state index in [1.54, 1.807) is 12.4 Å². The van der Waals surface area contributed by atoms with Crippen molar-refractivity contribution in [2.45, 2.75) is 31.8 Å². The predicted molar refractivity (Wildman–Crippen MR) is 83.0 cm³/mol. The fourth-order valence-electron chi connectivity index (χ4n) is 2.80. The van der Waals surface area contributed by atoms with E-state index in [4.69, 9.17) is 0 Å². The number of carbonyl (C=O) groups excluding carboxylic acids is 1. The average molecular weight is 323 g/mol. The number of hydrogen-bond donors (Lipinski definition) is 1. The molecule has 1 N–H and O–H groups in total. The Morgan fingerprint density at radius 1 is 1.27 bits per heavy atom. The molecule has 2 heterocycles. The van der Waals surface area contributed by atoms with Gasteiger partial charge in [-0.2, -0.15) is 0 Å². The Kier molecular flexibility index (Phi) is 4.33. The Bertz CT molecular complexity index is 629. The summed E-state index contributed by atoms with van der Waals surface area (Å²) in [6.45, 7) is 1.01. The summed E-state index contributed by atoms with van der Waals surface area (Å²) in [5.74, 6) is 0.494. The van der Waals surface area contributed by atoms with Crippen LogP contribution >= 0.6 is 0 Å². The number of urea groups is 1. The Hall–Kier alpha value is -1.63. The number of amides is 2. The minimum absolute atomic E-state index is 0.0518. The minimum atomic E-state index is -2.89. The van der Waals surface area contributed by atoms with Crippen LogP contribution in [0.15, 0.2) is 24.5 Å². The minimum Gasteiger partial charge on any atom is -0.338 e. The molecular weight excluding hydrogens is 302 g/mol. The van der Waals surface area contributed by atoms with Crippen LogP contribution in [0.1, 0.15) is 24.8 Å². The summed E-state index contributed by atoms with van der Waals surface area (Å²) >= 11 is 0. The molecule has 120 valence electrons. The largest absolute Gasteiger partial charge is 0.338 e. The van der Waals surface area contributed by atoms with Gasteiger partial charge in [0, 0.05) is 31.5 Å². The molecule has 1 aromatic rings. The maximum absolute atomic E-state index is 12.4. The van der Waals surface area contributed by atoms with Gasteiger partial charge in [-0.05, 0) is 42.9 Å². The van der Waals surface area contributed by atoms with Gasteiger partial charge in [0.2, 0.25) is 0 Å². The second-order valence-electron chi connectivity index (χ2n) is 6.17. The Balaban J connectivity index is 1.54. The average Bonchev–Trinajstić information content (AvgIpc) is 3.27. The van der Waals surface area contributed by atoms with E-state index in [2.05, 4.69) is 10.3 Å². The number of hydrogen-bond acceptors (Lipinski definition) is 4. The first-order valence-electron chi connectivity index (χ1n) is 7.67. The van der Waals surface area contributed by atoms with Crippen molar-refractivity contribution in [1.29, 1.82) is 0 Å². The highest BCUT2D eigenvalue weighted by molar-refractivity contribution is 7.91. The van der Waals surface area contributed by atoms with Crippen LogP contribution in [-0.4, -0.2) is 48.4 Å². The molecule has 2 aliphatic rings. The molecule has 1 saturated carbocycles. The van der Waals surface area contributed by atoms with Gasteiger partial charge in [-0.25, -0.2) is 13.2 Å². The summed E-state index contributed by atoms with van der Waals surface area (Å²) in [5.41, 5.74) is 1.06. The SMILES string of the molecule is O=C(NCC1CCS(=O)(=O)C1)N(Cc1ccncc1)C1CC1. The van der Waals surface area contributed by atoms with E-state index in [0.717, 1.165) is 18.4 Å². The van der Waals surface area contributed by atoms with E-state index in [1.807, 2.05) is 17.0 Å². The monoisotopic (exact) mass is 323 g/mol. The van der Waals surface area contributed by atoms with Gasteiger partial charge in [-0.3, -0.25) is 4.98 Å². The molecule has 0 bridgehead atoms. The van der Waals surface area contributed by atoms with Crippen molar-refractivity contribution in [1.82, 2.24) is 15.2 Å². The summed E-state index contributed by atoms with van der Waals surface area (Å²) in [6.07, 6.45) is 6.17. The van der Waals surface area contributed by atoms with Crippen molar-refractivity contribution in [3.8, 4) is 0 Å². The molecule has 0 aromatic carbocycles. The van der Waals surface area contributed by atoms with Crippen molar-refractivity contribution in [3.63, 3.8) is 0 Å².